The monoisotopic (exact) mass is 181 g/mol. The molecular formula is C8H11N3S. The number of nitrogens with zero attached hydrogens (tertiary/aromatic N) is 1. The Morgan fingerprint density at radius 1 is 1.33 bits per heavy atom. The van der Waals surface area contributed by atoms with Gasteiger partial charge in [-0.15, -0.1) is 0 Å². The van der Waals surface area contributed by atoms with Crippen LogP contribution in [0.15, 0.2) is 24.3 Å². The lowest BCUT2D eigenvalue weighted by Crippen LogP contribution is -2.41. The zero-order valence-corrected chi connectivity index (χ0v) is 7.64. The molecular weight excluding hydrogens is 170 g/mol. The van der Waals surface area contributed by atoms with E-state index < -0.39 is 0 Å². The molecule has 3 nitrogen and oxygen atoms in total. The second kappa shape index (κ2) is 3.51. The normalized spacial score (nSPS) is 9.50. The second-order valence-electron chi connectivity index (χ2n) is 2.54. The topological polar surface area (TPSA) is 55.3 Å². The number of benzene rings is 1. The first kappa shape index (κ1) is 8.96. The zero-order chi connectivity index (χ0) is 9.14. The third-order valence-electron chi connectivity index (χ3n) is 1.55. The van der Waals surface area contributed by atoms with Crippen molar-refractivity contribution in [3.8, 4) is 0 Å². The summed E-state index contributed by atoms with van der Waals surface area (Å²) in [5.74, 6) is 5.55. The summed E-state index contributed by atoms with van der Waals surface area (Å²) in [5.41, 5.74) is 7.31. The van der Waals surface area contributed by atoms with Crippen LogP contribution in [0.2, 0.25) is 0 Å². The van der Waals surface area contributed by atoms with Crippen LogP contribution in [0.3, 0.4) is 0 Å². The molecule has 0 saturated heterocycles. The van der Waals surface area contributed by atoms with E-state index in [1.807, 2.05) is 31.2 Å². The van der Waals surface area contributed by atoms with Crippen molar-refractivity contribution >= 4 is 23.0 Å². The number of aryl methyl sites for hydroxylation is 1. The Kier molecular flexibility index (Phi) is 2.62. The Morgan fingerprint density at radius 2 is 1.83 bits per heavy atom. The Morgan fingerprint density at radius 3 is 2.25 bits per heavy atom. The van der Waals surface area contributed by atoms with Crippen LogP contribution in [0.1, 0.15) is 5.56 Å². The number of rotatable bonds is 1. The molecule has 0 aliphatic rings. The Labute approximate surface area is 76.9 Å². The lowest BCUT2D eigenvalue weighted by Gasteiger charge is -2.15. The maximum Gasteiger partial charge on any atom is 0.185 e. The molecule has 64 valence electrons. The van der Waals surface area contributed by atoms with Crippen LogP contribution in [0.4, 0.5) is 5.69 Å². The van der Waals surface area contributed by atoms with Gasteiger partial charge in [-0.1, -0.05) is 17.7 Å². The highest BCUT2D eigenvalue weighted by atomic mass is 32.1. The van der Waals surface area contributed by atoms with Gasteiger partial charge in [0.1, 0.15) is 0 Å². The molecule has 0 unspecified atom stereocenters. The van der Waals surface area contributed by atoms with Crippen LogP contribution in [0.25, 0.3) is 0 Å². The summed E-state index contributed by atoms with van der Waals surface area (Å²) >= 11 is 4.71. The Bertz CT molecular complexity index is 281. The Hall–Kier alpha value is -1.13. The van der Waals surface area contributed by atoms with Gasteiger partial charge in [-0.3, -0.25) is 5.01 Å². The highest BCUT2D eigenvalue weighted by Crippen LogP contribution is 2.11. The summed E-state index contributed by atoms with van der Waals surface area (Å²) in [6.07, 6.45) is 0. The van der Waals surface area contributed by atoms with Gasteiger partial charge in [0.05, 0.1) is 5.69 Å². The van der Waals surface area contributed by atoms with E-state index >= 15 is 0 Å². The van der Waals surface area contributed by atoms with E-state index in [1.165, 1.54) is 10.6 Å². The molecule has 1 aromatic carbocycles. The van der Waals surface area contributed by atoms with E-state index in [0.717, 1.165) is 5.69 Å². The van der Waals surface area contributed by atoms with E-state index in [2.05, 4.69) is 0 Å². The summed E-state index contributed by atoms with van der Waals surface area (Å²) in [4.78, 5) is 0. The van der Waals surface area contributed by atoms with Crippen molar-refractivity contribution in [3.63, 3.8) is 0 Å². The fourth-order valence-corrected chi connectivity index (χ4v) is 0.938. The fraction of sp³-hybridized carbons (Fsp3) is 0.125. The molecule has 0 fully saturated rings. The summed E-state index contributed by atoms with van der Waals surface area (Å²) < 4.78 is 0. The molecule has 0 radical (unpaired) electrons. The van der Waals surface area contributed by atoms with Gasteiger partial charge in [-0.2, -0.15) is 0 Å². The van der Waals surface area contributed by atoms with Crippen molar-refractivity contribution in [1.29, 1.82) is 0 Å². The predicted molar refractivity (Wildman–Crippen MR) is 54.6 cm³/mol. The third-order valence-corrected chi connectivity index (χ3v) is 1.75. The van der Waals surface area contributed by atoms with E-state index in [9.17, 15) is 0 Å². The number of hydrogen-bond acceptors (Lipinski definition) is 2. The number of thiocarbonyl (C=S) groups is 1. The van der Waals surface area contributed by atoms with Crippen LogP contribution in [-0.2, 0) is 0 Å². The highest BCUT2D eigenvalue weighted by Gasteiger charge is 2.01. The quantitative estimate of drug-likeness (QED) is 0.384. The largest absolute Gasteiger partial charge is 0.375 e. The van der Waals surface area contributed by atoms with Gasteiger partial charge in [0.15, 0.2) is 5.11 Å². The molecule has 4 N–H and O–H groups in total. The summed E-state index contributed by atoms with van der Waals surface area (Å²) in [7, 11) is 0. The van der Waals surface area contributed by atoms with E-state index in [-0.39, 0.29) is 5.11 Å². The first-order valence-electron chi connectivity index (χ1n) is 3.52. The molecule has 0 amide bonds. The Balaban J connectivity index is 2.89. The standard InChI is InChI=1S/C8H11N3S/c1-6-2-4-7(5-3-6)11(10)8(9)12/h2-5H,10H2,1H3,(H2,9,12). The lowest BCUT2D eigenvalue weighted by molar-refractivity contribution is 1.13. The first-order valence-corrected chi connectivity index (χ1v) is 3.93. The van der Waals surface area contributed by atoms with Gasteiger partial charge < -0.3 is 5.73 Å². The van der Waals surface area contributed by atoms with Gasteiger partial charge in [0.25, 0.3) is 0 Å². The highest BCUT2D eigenvalue weighted by molar-refractivity contribution is 7.80. The molecule has 0 heterocycles. The second-order valence-corrected chi connectivity index (χ2v) is 2.96. The molecule has 0 aliphatic carbocycles. The third kappa shape index (κ3) is 1.93. The number of nitrogens with two attached hydrogens (primary N) is 2. The molecule has 1 rings (SSSR count). The van der Waals surface area contributed by atoms with Gasteiger partial charge in [0, 0.05) is 0 Å². The molecule has 0 bridgehead atoms. The molecule has 0 saturated carbocycles. The number of hydrazine groups is 1. The zero-order valence-electron chi connectivity index (χ0n) is 6.82. The van der Waals surface area contributed by atoms with E-state index in [0.29, 0.717) is 0 Å². The maximum atomic E-state index is 5.55. The average molecular weight is 181 g/mol. The van der Waals surface area contributed by atoms with Crippen LogP contribution in [0, 0.1) is 6.92 Å². The minimum absolute atomic E-state index is 0.166. The van der Waals surface area contributed by atoms with E-state index in [1.54, 1.807) is 0 Å². The fourth-order valence-electron chi connectivity index (χ4n) is 0.833. The molecule has 1 aromatic rings. The maximum absolute atomic E-state index is 5.55. The van der Waals surface area contributed by atoms with Crippen LogP contribution in [-0.4, -0.2) is 5.11 Å². The van der Waals surface area contributed by atoms with Crippen molar-refractivity contribution in [3.05, 3.63) is 29.8 Å². The molecule has 0 atom stereocenters. The van der Waals surface area contributed by atoms with Crippen molar-refractivity contribution in [1.82, 2.24) is 0 Å². The van der Waals surface area contributed by atoms with Gasteiger partial charge in [-0.05, 0) is 31.3 Å². The summed E-state index contributed by atoms with van der Waals surface area (Å²) in [6, 6.07) is 7.64. The van der Waals surface area contributed by atoms with Crippen molar-refractivity contribution in [2.45, 2.75) is 6.92 Å². The summed E-state index contributed by atoms with van der Waals surface area (Å²) in [6.45, 7) is 2.01. The lowest BCUT2D eigenvalue weighted by atomic mass is 10.2. The molecule has 12 heavy (non-hydrogen) atoms. The van der Waals surface area contributed by atoms with Crippen LogP contribution in [0.5, 0.6) is 0 Å². The average Bonchev–Trinajstić information content (AvgIpc) is 2.04. The smallest absolute Gasteiger partial charge is 0.185 e. The summed E-state index contributed by atoms with van der Waals surface area (Å²) in [5, 5.41) is 1.44. The molecule has 0 aliphatic heterocycles. The van der Waals surface area contributed by atoms with Crippen molar-refractivity contribution in [2.24, 2.45) is 11.6 Å². The van der Waals surface area contributed by atoms with E-state index in [4.69, 9.17) is 23.8 Å². The minimum Gasteiger partial charge on any atom is -0.375 e. The predicted octanol–water partition coefficient (Wildman–Crippen LogP) is 0.919. The van der Waals surface area contributed by atoms with Crippen LogP contribution < -0.4 is 16.6 Å². The number of hydrogen-bond donors (Lipinski definition) is 2. The molecule has 4 heteroatoms. The molecule has 0 spiro atoms. The first-order chi connectivity index (χ1) is 5.61. The number of anilines is 1. The molecule has 0 aromatic heterocycles. The minimum atomic E-state index is 0.166. The van der Waals surface area contributed by atoms with Crippen molar-refractivity contribution < 1.29 is 0 Å². The van der Waals surface area contributed by atoms with Gasteiger partial charge in [-0.25, -0.2) is 5.84 Å². The van der Waals surface area contributed by atoms with Crippen molar-refractivity contribution in [2.75, 3.05) is 5.01 Å². The van der Waals surface area contributed by atoms with Gasteiger partial charge >= 0.3 is 0 Å². The van der Waals surface area contributed by atoms with Gasteiger partial charge in [0.2, 0.25) is 0 Å². The SMILES string of the molecule is Cc1ccc(N(N)C(N)=S)cc1. The van der Waals surface area contributed by atoms with Crippen LogP contribution >= 0.6 is 12.2 Å².